The number of aliphatic hydroxyl groups excluding tert-OH is 1. The second kappa shape index (κ2) is 8.99. The number of ether oxygens (including phenoxy) is 1. The molecule has 1 aliphatic heterocycles. The number of benzene rings is 1. The van der Waals surface area contributed by atoms with Gasteiger partial charge in [-0.05, 0) is 38.0 Å². The number of carboxylic acid groups (broad SMARTS) is 1. The van der Waals surface area contributed by atoms with Gasteiger partial charge >= 0.3 is 5.97 Å². The first kappa shape index (κ1) is 21.8. The highest BCUT2D eigenvalue weighted by Crippen LogP contribution is 2.39. The highest BCUT2D eigenvalue weighted by Gasteiger charge is 2.39. The Morgan fingerprint density at radius 1 is 1.31 bits per heavy atom. The van der Waals surface area contributed by atoms with Gasteiger partial charge in [0.1, 0.15) is 24.1 Å². The van der Waals surface area contributed by atoms with Crippen LogP contribution in [0.3, 0.4) is 0 Å². The van der Waals surface area contributed by atoms with Crippen LogP contribution in [0.2, 0.25) is 0 Å². The standard InChI is InChI=1S/C22H27N5O5/c1-13-20(29)26(2)17-12-23-22(25-19(17)27(13)15-5-3-4-6-15)24-16-8-7-14(21(30)31)11-18(16)32-10-9-28/h7-8,11-13,15,28H,3-6,9-10H2,1-2H3,(H,30,31)(H,23,24,25)/t13-/m1/s1. The topological polar surface area (TPSA) is 128 Å². The van der Waals surface area contributed by atoms with Crippen molar-refractivity contribution in [2.24, 2.45) is 0 Å². The average Bonchev–Trinajstić information content (AvgIpc) is 3.31. The van der Waals surface area contributed by atoms with Crippen LogP contribution in [0, 0.1) is 0 Å². The van der Waals surface area contributed by atoms with E-state index in [1.54, 1.807) is 24.2 Å². The van der Waals surface area contributed by atoms with Crippen LogP contribution in [0.25, 0.3) is 0 Å². The van der Waals surface area contributed by atoms with E-state index < -0.39 is 5.97 Å². The van der Waals surface area contributed by atoms with E-state index in [2.05, 4.69) is 15.2 Å². The molecule has 1 fully saturated rings. The maximum Gasteiger partial charge on any atom is 0.335 e. The van der Waals surface area contributed by atoms with E-state index in [-0.39, 0.29) is 42.5 Å². The number of aromatic nitrogens is 2. The number of rotatable bonds is 7. The predicted molar refractivity (Wildman–Crippen MR) is 119 cm³/mol. The fraction of sp³-hybridized carbons (Fsp3) is 0.455. The van der Waals surface area contributed by atoms with Crippen LogP contribution in [-0.4, -0.2) is 64.4 Å². The van der Waals surface area contributed by atoms with Crippen molar-refractivity contribution in [1.29, 1.82) is 0 Å². The lowest BCUT2D eigenvalue weighted by Crippen LogP contribution is -2.54. The molecule has 0 saturated heterocycles. The number of carbonyl (C=O) groups excluding carboxylic acids is 1. The van der Waals surface area contributed by atoms with E-state index >= 15 is 0 Å². The number of carbonyl (C=O) groups is 2. The summed E-state index contributed by atoms with van der Waals surface area (Å²) in [6.07, 6.45) is 5.92. The van der Waals surface area contributed by atoms with E-state index in [1.165, 1.54) is 12.1 Å². The number of aliphatic hydroxyl groups is 1. The Hall–Kier alpha value is -3.40. The number of hydrogen-bond acceptors (Lipinski definition) is 8. The Labute approximate surface area is 185 Å². The third-order valence-corrected chi connectivity index (χ3v) is 6.00. The van der Waals surface area contributed by atoms with E-state index in [1.807, 2.05) is 6.92 Å². The molecule has 4 rings (SSSR count). The molecule has 0 bridgehead atoms. The summed E-state index contributed by atoms with van der Waals surface area (Å²) in [5.74, 6) is 0.207. The molecule has 1 amide bonds. The molecule has 10 heteroatoms. The Morgan fingerprint density at radius 2 is 2.06 bits per heavy atom. The van der Waals surface area contributed by atoms with Gasteiger partial charge in [-0.3, -0.25) is 4.79 Å². The van der Waals surface area contributed by atoms with Crippen molar-refractivity contribution >= 4 is 35.0 Å². The summed E-state index contributed by atoms with van der Waals surface area (Å²) in [4.78, 5) is 36.9. The normalized spacial score (nSPS) is 18.6. The summed E-state index contributed by atoms with van der Waals surface area (Å²) in [5, 5.41) is 21.5. The summed E-state index contributed by atoms with van der Waals surface area (Å²) in [7, 11) is 1.73. The monoisotopic (exact) mass is 441 g/mol. The van der Waals surface area contributed by atoms with Crippen molar-refractivity contribution in [2.75, 3.05) is 35.4 Å². The molecule has 3 N–H and O–H groups in total. The summed E-state index contributed by atoms with van der Waals surface area (Å²) >= 11 is 0. The maximum absolute atomic E-state index is 12.8. The zero-order valence-electron chi connectivity index (χ0n) is 18.1. The number of carboxylic acids is 1. The molecule has 1 atom stereocenters. The third-order valence-electron chi connectivity index (χ3n) is 6.00. The van der Waals surface area contributed by atoms with Gasteiger partial charge < -0.3 is 30.1 Å². The first-order chi connectivity index (χ1) is 15.4. The minimum absolute atomic E-state index is 0.0117. The molecule has 170 valence electrons. The lowest BCUT2D eigenvalue weighted by molar-refractivity contribution is -0.119. The number of amides is 1. The van der Waals surface area contributed by atoms with E-state index in [0.29, 0.717) is 23.1 Å². The molecule has 0 spiro atoms. The van der Waals surface area contributed by atoms with E-state index in [0.717, 1.165) is 25.7 Å². The molecule has 1 aliphatic carbocycles. The zero-order valence-corrected chi connectivity index (χ0v) is 18.1. The number of likely N-dealkylation sites (N-methyl/N-ethyl adjacent to an activating group) is 1. The molecule has 1 aromatic heterocycles. The average molecular weight is 441 g/mol. The molecule has 32 heavy (non-hydrogen) atoms. The van der Waals surface area contributed by atoms with Crippen LogP contribution in [0.15, 0.2) is 24.4 Å². The summed E-state index contributed by atoms with van der Waals surface area (Å²) in [5.41, 5.74) is 1.20. The van der Waals surface area contributed by atoms with Crippen molar-refractivity contribution in [3.05, 3.63) is 30.0 Å². The van der Waals surface area contributed by atoms with Gasteiger partial charge in [0.15, 0.2) is 5.82 Å². The second-order valence-electron chi connectivity index (χ2n) is 8.03. The second-order valence-corrected chi connectivity index (χ2v) is 8.03. The van der Waals surface area contributed by atoms with Gasteiger partial charge in [0.05, 0.1) is 24.1 Å². The van der Waals surface area contributed by atoms with Crippen molar-refractivity contribution in [3.63, 3.8) is 0 Å². The highest BCUT2D eigenvalue weighted by atomic mass is 16.5. The Balaban J connectivity index is 1.69. The number of nitrogens with zero attached hydrogens (tertiary/aromatic N) is 4. The quantitative estimate of drug-likeness (QED) is 0.593. The molecule has 0 unspecified atom stereocenters. The number of nitrogens with one attached hydrogen (secondary N) is 1. The fourth-order valence-electron chi connectivity index (χ4n) is 4.38. The van der Waals surface area contributed by atoms with Crippen molar-refractivity contribution in [2.45, 2.75) is 44.7 Å². The zero-order chi connectivity index (χ0) is 22.8. The molecule has 2 heterocycles. The summed E-state index contributed by atoms with van der Waals surface area (Å²) < 4.78 is 5.52. The third kappa shape index (κ3) is 4.05. The molecular formula is C22H27N5O5. The number of anilines is 4. The first-order valence-electron chi connectivity index (χ1n) is 10.7. The molecule has 1 aromatic carbocycles. The number of fused-ring (bicyclic) bond motifs is 1. The van der Waals surface area contributed by atoms with E-state index in [4.69, 9.17) is 14.8 Å². The minimum Gasteiger partial charge on any atom is -0.489 e. The van der Waals surface area contributed by atoms with Crippen molar-refractivity contribution in [1.82, 2.24) is 9.97 Å². The number of hydrogen-bond donors (Lipinski definition) is 3. The molecular weight excluding hydrogens is 414 g/mol. The van der Waals surface area contributed by atoms with Crippen LogP contribution >= 0.6 is 0 Å². The van der Waals surface area contributed by atoms with Gasteiger partial charge in [-0.15, -0.1) is 0 Å². The molecule has 0 radical (unpaired) electrons. The fourth-order valence-corrected chi connectivity index (χ4v) is 4.38. The predicted octanol–water partition coefficient (Wildman–Crippen LogP) is 2.40. The minimum atomic E-state index is -1.08. The van der Waals surface area contributed by atoms with E-state index in [9.17, 15) is 14.7 Å². The summed E-state index contributed by atoms with van der Waals surface area (Å²) in [6, 6.07) is 4.34. The van der Waals surface area contributed by atoms with Gasteiger partial charge in [-0.1, -0.05) is 12.8 Å². The Kier molecular flexibility index (Phi) is 6.13. The highest BCUT2D eigenvalue weighted by molar-refractivity contribution is 6.04. The SMILES string of the molecule is C[C@@H]1C(=O)N(C)c2cnc(Nc3ccc(C(=O)O)cc3OCCO)nc2N1C1CCCC1. The number of aromatic carboxylic acids is 1. The molecule has 2 aromatic rings. The van der Waals surface area contributed by atoms with Crippen LogP contribution in [0.4, 0.5) is 23.1 Å². The maximum atomic E-state index is 12.8. The van der Waals surface area contributed by atoms with Gasteiger partial charge in [-0.2, -0.15) is 4.98 Å². The Morgan fingerprint density at radius 3 is 2.75 bits per heavy atom. The van der Waals surface area contributed by atoms with Crippen LogP contribution in [-0.2, 0) is 4.79 Å². The molecule has 1 saturated carbocycles. The van der Waals surface area contributed by atoms with Gasteiger partial charge in [-0.25, -0.2) is 9.78 Å². The van der Waals surface area contributed by atoms with Gasteiger partial charge in [0.2, 0.25) is 11.9 Å². The molecule has 2 aliphatic rings. The van der Waals surface area contributed by atoms with Crippen LogP contribution < -0.4 is 19.9 Å². The largest absolute Gasteiger partial charge is 0.489 e. The first-order valence-corrected chi connectivity index (χ1v) is 10.7. The smallest absolute Gasteiger partial charge is 0.335 e. The lowest BCUT2D eigenvalue weighted by atomic mass is 10.1. The molecule has 10 nitrogen and oxygen atoms in total. The van der Waals surface area contributed by atoms with Crippen molar-refractivity contribution < 1.29 is 24.5 Å². The lowest BCUT2D eigenvalue weighted by Gasteiger charge is -2.42. The summed E-state index contributed by atoms with van der Waals surface area (Å²) in [6.45, 7) is 1.71. The Bertz CT molecular complexity index is 1020. The van der Waals surface area contributed by atoms with Crippen LogP contribution in [0.1, 0.15) is 43.0 Å². The van der Waals surface area contributed by atoms with Gasteiger partial charge in [0.25, 0.3) is 0 Å². The van der Waals surface area contributed by atoms with Crippen molar-refractivity contribution in [3.8, 4) is 5.75 Å². The van der Waals surface area contributed by atoms with Crippen LogP contribution in [0.5, 0.6) is 5.75 Å². The van der Waals surface area contributed by atoms with Gasteiger partial charge in [0, 0.05) is 13.1 Å².